The smallest absolute Gasteiger partial charge is 0.253 e. The van der Waals surface area contributed by atoms with Crippen molar-refractivity contribution >= 4 is 28.7 Å². The van der Waals surface area contributed by atoms with Gasteiger partial charge in [0.1, 0.15) is 5.52 Å². The number of aromatic nitrogens is 2. The number of hydrogen-bond donors (Lipinski definition) is 1. The van der Waals surface area contributed by atoms with Gasteiger partial charge in [-0.3, -0.25) is 4.79 Å². The van der Waals surface area contributed by atoms with Crippen LogP contribution in [-0.2, 0) is 7.05 Å². The summed E-state index contributed by atoms with van der Waals surface area (Å²) in [7, 11) is 1.79. The van der Waals surface area contributed by atoms with Gasteiger partial charge in [-0.1, -0.05) is 31.7 Å². The second-order valence-electron chi connectivity index (χ2n) is 7.27. The number of pyridine rings is 1. The minimum absolute atomic E-state index is 0.0232. The van der Waals surface area contributed by atoms with Crippen molar-refractivity contribution in [3.8, 4) is 11.1 Å². The van der Waals surface area contributed by atoms with E-state index in [4.69, 9.17) is 9.40 Å². The van der Waals surface area contributed by atoms with Gasteiger partial charge in [-0.15, -0.1) is 0 Å². The Morgan fingerprint density at radius 2 is 2.07 bits per heavy atom. The fourth-order valence-electron chi connectivity index (χ4n) is 3.85. The molecule has 3 aromatic rings. The monoisotopic (exact) mass is 383 g/mol. The highest BCUT2D eigenvalue weighted by molar-refractivity contribution is 8.00. The zero-order chi connectivity index (χ0) is 19.0. The lowest BCUT2D eigenvalue weighted by Gasteiger charge is -2.10. The number of fused-ring (bicyclic) bond motifs is 1. The molecule has 0 radical (unpaired) electrons. The van der Waals surface area contributed by atoms with E-state index in [1.807, 2.05) is 19.2 Å². The quantitative estimate of drug-likeness (QED) is 0.611. The van der Waals surface area contributed by atoms with Crippen LogP contribution in [0.2, 0.25) is 0 Å². The van der Waals surface area contributed by atoms with E-state index in [0.29, 0.717) is 5.92 Å². The van der Waals surface area contributed by atoms with Crippen LogP contribution in [0, 0.1) is 6.92 Å². The number of anilines is 1. The summed E-state index contributed by atoms with van der Waals surface area (Å²) in [6, 6.07) is 6.08. The third kappa shape index (κ3) is 3.50. The summed E-state index contributed by atoms with van der Waals surface area (Å²) in [5.74, 6) is 2.25. The van der Waals surface area contributed by atoms with Gasteiger partial charge in [0.25, 0.3) is 5.56 Å². The summed E-state index contributed by atoms with van der Waals surface area (Å²) >= 11 is 1.65. The van der Waals surface area contributed by atoms with Crippen LogP contribution >= 0.6 is 11.9 Å². The molecule has 2 heterocycles. The van der Waals surface area contributed by atoms with Crippen molar-refractivity contribution in [2.45, 2.75) is 45.4 Å². The normalized spacial score (nSPS) is 14.9. The molecular formula is C21H25N3O2S. The lowest BCUT2D eigenvalue weighted by molar-refractivity contribution is 0.474. The van der Waals surface area contributed by atoms with Gasteiger partial charge in [-0.25, -0.2) is 4.98 Å². The van der Waals surface area contributed by atoms with Crippen LogP contribution in [0.1, 0.15) is 50.0 Å². The molecule has 1 aliphatic carbocycles. The predicted octanol–water partition coefficient (Wildman–Crippen LogP) is 5.24. The third-order valence-corrected chi connectivity index (χ3v) is 5.89. The van der Waals surface area contributed by atoms with E-state index in [0.717, 1.165) is 58.0 Å². The maximum Gasteiger partial charge on any atom is 0.253 e. The molecule has 0 aliphatic heterocycles. The Bertz CT molecular complexity index is 1010. The minimum atomic E-state index is 0.0232. The molecule has 0 bridgehead atoms. The van der Waals surface area contributed by atoms with Crippen LogP contribution in [-0.4, -0.2) is 15.3 Å². The molecule has 0 unspecified atom stereocenters. The van der Waals surface area contributed by atoms with Crippen LogP contribution in [0.5, 0.6) is 0 Å². The van der Waals surface area contributed by atoms with E-state index in [1.165, 1.54) is 12.8 Å². The van der Waals surface area contributed by atoms with Crippen molar-refractivity contribution in [1.29, 1.82) is 0 Å². The average molecular weight is 384 g/mol. The maximum absolute atomic E-state index is 12.1. The fourth-order valence-corrected chi connectivity index (χ4v) is 4.28. The standard InChI is InChI=1S/C21H25N3O2S/c1-4-27-23-16-10-17(15-9-13(2)21(25)24(3)12-15)19-18(11-16)22-20(26-19)14-7-5-6-8-14/h9-12,14,23H,4-8H2,1-3H3. The minimum Gasteiger partial charge on any atom is -0.440 e. The number of benzene rings is 1. The summed E-state index contributed by atoms with van der Waals surface area (Å²) in [5, 5.41) is 0. The summed E-state index contributed by atoms with van der Waals surface area (Å²) in [5.41, 5.74) is 5.38. The van der Waals surface area contributed by atoms with Crippen LogP contribution in [0.15, 0.2) is 33.6 Å². The molecule has 0 spiro atoms. The molecule has 1 aromatic carbocycles. The van der Waals surface area contributed by atoms with Crippen molar-refractivity contribution in [3.63, 3.8) is 0 Å². The average Bonchev–Trinajstić information content (AvgIpc) is 3.32. The molecule has 142 valence electrons. The van der Waals surface area contributed by atoms with E-state index >= 15 is 0 Å². The molecule has 0 amide bonds. The van der Waals surface area contributed by atoms with Gasteiger partial charge in [0, 0.05) is 47.3 Å². The second-order valence-corrected chi connectivity index (χ2v) is 8.34. The van der Waals surface area contributed by atoms with E-state index in [2.05, 4.69) is 23.8 Å². The molecule has 0 atom stereocenters. The number of nitrogens with one attached hydrogen (secondary N) is 1. The highest BCUT2D eigenvalue weighted by atomic mass is 32.2. The number of nitrogens with zero attached hydrogens (tertiary/aromatic N) is 2. The first-order valence-electron chi connectivity index (χ1n) is 9.56. The van der Waals surface area contributed by atoms with Gasteiger partial charge >= 0.3 is 0 Å². The van der Waals surface area contributed by atoms with Crippen LogP contribution in [0.4, 0.5) is 5.69 Å². The molecule has 2 aromatic heterocycles. The zero-order valence-electron chi connectivity index (χ0n) is 16.0. The second kappa shape index (κ2) is 7.43. The predicted molar refractivity (Wildman–Crippen MR) is 112 cm³/mol. The van der Waals surface area contributed by atoms with Gasteiger partial charge in [0.05, 0.1) is 0 Å². The Kier molecular flexibility index (Phi) is 5.00. The van der Waals surface area contributed by atoms with Gasteiger partial charge in [-0.2, -0.15) is 0 Å². The Hall–Kier alpha value is -2.21. The molecule has 5 nitrogen and oxygen atoms in total. The molecule has 6 heteroatoms. The molecule has 27 heavy (non-hydrogen) atoms. The van der Waals surface area contributed by atoms with Crippen molar-refractivity contribution < 1.29 is 4.42 Å². The van der Waals surface area contributed by atoms with E-state index < -0.39 is 0 Å². The van der Waals surface area contributed by atoms with Gasteiger partial charge < -0.3 is 13.7 Å². The molecule has 1 fully saturated rings. The summed E-state index contributed by atoms with van der Waals surface area (Å²) in [6.07, 6.45) is 6.67. The molecule has 0 saturated heterocycles. The van der Waals surface area contributed by atoms with Gasteiger partial charge in [0.15, 0.2) is 11.5 Å². The van der Waals surface area contributed by atoms with Gasteiger partial charge in [0.2, 0.25) is 0 Å². The summed E-state index contributed by atoms with van der Waals surface area (Å²) in [6.45, 7) is 3.96. The third-order valence-electron chi connectivity index (χ3n) is 5.22. The summed E-state index contributed by atoms with van der Waals surface area (Å²) < 4.78 is 11.3. The van der Waals surface area contributed by atoms with Crippen LogP contribution < -0.4 is 10.3 Å². The fraction of sp³-hybridized carbons (Fsp3) is 0.429. The van der Waals surface area contributed by atoms with E-state index in [-0.39, 0.29) is 5.56 Å². The van der Waals surface area contributed by atoms with E-state index in [9.17, 15) is 4.79 Å². The topological polar surface area (TPSA) is 60.1 Å². The zero-order valence-corrected chi connectivity index (χ0v) is 16.9. The first-order chi connectivity index (χ1) is 13.1. The van der Waals surface area contributed by atoms with Gasteiger partial charge in [-0.05, 0) is 38.0 Å². The number of hydrogen-bond acceptors (Lipinski definition) is 5. The molecule has 1 N–H and O–H groups in total. The lowest BCUT2D eigenvalue weighted by Crippen LogP contribution is -2.18. The summed E-state index contributed by atoms with van der Waals surface area (Å²) in [4.78, 5) is 16.9. The molecular weight excluding hydrogens is 358 g/mol. The van der Waals surface area contributed by atoms with Crippen molar-refractivity contribution in [1.82, 2.24) is 9.55 Å². The largest absolute Gasteiger partial charge is 0.440 e. The Morgan fingerprint density at radius 1 is 1.30 bits per heavy atom. The maximum atomic E-state index is 12.1. The number of oxazole rings is 1. The van der Waals surface area contributed by atoms with E-state index in [1.54, 1.807) is 23.6 Å². The highest BCUT2D eigenvalue weighted by Gasteiger charge is 2.24. The highest BCUT2D eigenvalue weighted by Crippen LogP contribution is 2.39. The SMILES string of the molecule is CCSNc1cc(-c2cc(C)c(=O)n(C)c2)c2oc(C3CCCC3)nc2c1. The Labute approximate surface area is 163 Å². The number of rotatable bonds is 5. The molecule has 1 saturated carbocycles. The van der Waals surface area contributed by atoms with Crippen LogP contribution in [0.25, 0.3) is 22.2 Å². The Morgan fingerprint density at radius 3 is 2.78 bits per heavy atom. The van der Waals surface area contributed by atoms with Crippen molar-refractivity contribution in [2.75, 3.05) is 10.5 Å². The van der Waals surface area contributed by atoms with Crippen LogP contribution in [0.3, 0.4) is 0 Å². The first kappa shape index (κ1) is 18.2. The Balaban J connectivity index is 1.89. The number of aryl methyl sites for hydroxylation is 2. The molecule has 1 aliphatic rings. The lowest BCUT2D eigenvalue weighted by atomic mass is 10.0. The van der Waals surface area contributed by atoms with Crippen molar-refractivity contribution in [2.24, 2.45) is 7.05 Å². The van der Waals surface area contributed by atoms with Crippen molar-refractivity contribution in [3.05, 3.63) is 46.2 Å². The molecule has 4 rings (SSSR count). The first-order valence-corrected chi connectivity index (χ1v) is 10.6.